The average Bonchev–Trinajstić information content (AvgIpc) is 2.70. The molecule has 0 unspecified atom stereocenters. The first-order valence-electron chi connectivity index (χ1n) is 9.75. The Balaban J connectivity index is 1.79. The van der Waals surface area contributed by atoms with Crippen molar-refractivity contribution >= 4 is 11.6 Å². The van der Waals surface area contributed by atoms with Gasteiger partial charge in [-0.3, -0.25) is 9.69 Å². The molecule has 0 aromatic heterocycles. The highest BCUT2D eigenvalue weighted by atomic mass is 16.2. The number of carbonyl (C=O) groups excluding carboxylic acids is 1. The van der Waals surface area contributed by atoms with Crippen LogP contribution in [0.5, 0.6) is 0 Å². The van der Waals surface area contributed by atoms with Gasteiger partial charge >= 0.3 is 0 Å². The Kier molecular flexibility index (Phi) is 6.62. The number of carbonyl (C=O) groups is 1. The molecule has 1 N–H and O–H groups in total. The van der Waals surface area contributed by atoms with Gasteiger partial charge in [0.15, 0.2) is 0 Å². The van der Waals surface area contributed by atoms with Crippen molar-refractivity contribution in [3.05, 3.63) is 102 Å². The first-order valence-corrected chi connectivity index (χ1v) is 9.75. The van der Waals surface area contributed by atoms with E-state index in [9.17, 15) is 4.79 Å². The number of para-hydroxylation sites is 1. The Morgan fingerprint density at radius 3 is 1.86 bits per heavy atom. The normalized spacial score (nSPS) is 11.2. The Hall–Kier alpha value is -2.91. The van der Waals surface area contributed by atoms with Gasteiger partial charge in [-0.1, -0.05) is 92.7 Å². The highest BCUT2D eigenvalue weighted by Crippen LogP contribution is 2.28. The number of nitrogens with one attached hydrogen (secondary N) is 1. The molecule has 0 spiro atoms. The van der Waals surface area contributed by atoms with Crippen LogP contribution in [0.1, 0.15) is 42.5 Å². The molecule has 0 saturated heterocycles. The molecule has 0 aliphatic rings. The van der Waals surface area contributed by atoms with E-state index in [1.807, 2.05) is 61.6 Å². The maximum atomic E-state index is 12.8. The summed E-state index contributed by atoms with van der Waals surface area (Å²) in [5.74, 6) is 0.350. The molecule has 3 aromatic carbocycles. The van der Waals surface area contributed by atoms with E-state index in [1.54, 1.807) is 0 Å². The second kappa shape index (κ2) is 9.34. The van der Waals surface area contributed by atoms with E-state index >= 15 is 0 Å². The van der Waals surface area contributed by atoms with E-state index < -0.39 is 0 Å². The van der Waals surface area contributed by atoms with Crippen LogP contribution >= 0.6 is 0 Å². The van der Waals surface area contributed by atoms with Crippen LogP contribution in [0.15, 0.2) is 84.9 Å². The summed E-state index contributed by atoms with van der Waals surface area (Å²) in [7, 11) is 2.00. The summed E-state index contributed by atoms with van der Waals surface area (Å²) in [6.45, 7) is 4.58. The number of rotatable bonds is 7. The quantitative estimate of drug-likeness (QED) is 0.596. The molecular weight excluding hydrogens is 344 g/mol. The van der Waals surface area contributed by atoms with Crippen LogP contribution in [0.2, 0.25) is 0 Å². The summed E-state index contributed by atoms with van der Waals surface area (Å²) in [4.78, 5) is 14.9. The fraction of sp³-hybridized carbons (Fsp3) is 0.240. The minimum absolute atomic E-state index is 0.00698. The highest BCUT2D eigenvalue weighted by Gasteiger charge is 2.21. The standard InChI is InChI=1S/C25H28N2O/c1-19(2)22-16-10-11-17-23(22)26-24(28)18-27(3)25(20-12-6-4-7-13-20)21-14-8-5-9-15-21/h4-17,19,25H,18H2,1-3H3,(H,26,28). The van der Waals surface area contributed by atoms with Crippen molar-refractivity contribution in [1.82, 2.24) is 4.90 Å². The van der Waals surface area contributed by atoms with Crippen LogP contribution in [-0.4, -0.2) is 24.4 Å². The Bertz CT molecular complexity index is 851. The second-order valence-electron chi connectivity index (χ2n) is 7.43. The lowest BCUT2D eigenvalue weighted by molar-refractivity contribution is -0.117. The van der Waals surface area contributed by atoms with E-state index in [2.05, 4.69) is 54.4 Å². The molecule has 144 valence electrons. The van der Waals surface area contributed by atoms with E-state index in [0.717, 1.165) is 11.3 Å². The number of nitrogens with zero attached hydrogens (tertiary/aromatic N) is 1. The predicted octanol–water partition coefficient (Wildman–Crippen LogP) is 5.47. The van der Waals surface area contributed by atoms with Crippen LogP contribution in [0, 0.1) is 0 Å². The minimum atomic E-state index is -0.00698. The zero-order valence-corrected chi connectivity index (χ0v) is 16.8. The lowest BCUT2D eigenvalue weighted by Crippen LogP contribution is -2.34. The molecule has 0 heterocycles. The van der Waals surface area contributed by atoms with E-state index in [1.165, 1.54) is 11.1 Å². The highest BCUT2D eigenvalue weighted by molar-refractivity contribution is 5.93. The molecule has 0 aliphatic heterocycles. The van der Waals surface area contributed by atoms with Crippen molar-refractivity contribution in [3.8, 4) is 0 Å². The van der Waals surface area contributed by atoms with Crippen molar-refractivity contribution in [2.45, 2.75) is 25.8 Å². The number of amides is 1. The summed E-state index contributed by atoms with van der Waals surface area (Å²) >= 11 is 0. The van der Waals surface area contributed by atoms with Crippen molar-refractivity contribution < 1.29 is 4.79 Å². The van der Waals surface area contributed by atoms with Gasteiger partial charge in [0.2, 0.25) is 5.91 Å². The maximum absolute atomic E-state index is 12.8. The number of hydrogen-bond acceptors (Lipinski definition) is 2. The van der Waals surface area contributed by atoms with Crippen LogP contribution in [0.3, 0.4) is 0 Å². The Morgan fingerprint density at radius 2 is 1.32 bits per heavy atom. The topological polar surface area (TPSA) is 32.3 Å². The van der Waals surface area contributed by atoms with Crippen molar-refractivity contribution in [3.63, 3.8) is 0 Å². The summed E-state index contributed by atoms with van der Waals surface area (Å²) in [5, 5.41) is 3.10. The first kappa shape index (κ1) is 19.8. The summed E-state index contributed by atoms with van der Waals surface area (Å²) in [6, 6.07) is 28.7. The molecule has 28 heavy (non-hydrogen) atoms. The van der Waals surface area contributed by atoms with Gasteiger partial charge in [0.25, 0.3) is 0 Å². The molecule has 1 amide bonds. The number of benzene rings is 3. The average molecular weight is 373 g/mol. The molecule has 0 bridgehead atoms. The van der Waals surface area contributed by atoms with Crippen LogP contribution in [0.25, 0.3) is 0 Å². The third-order valence-corrected chi connectivity index (χ3v) is 4.92. The number of anilines is 1. The van der Waals surface area contributed by atoms with Gasteiger partial charge in [-0.15, -0.1) is 0 Å². The lowest BCUT2D eigenvalue weighted by atomic mass is 9.97. The molecular formula is C25H28N2O. The monoisotopic (exact) mass is 372 g/mol. The third-order valence-electron chi connectivity index (χ3n) is 4.92. The minimum Gasteiger partial charge on any atom is -0.325 e. The van der Waals surface area contributed by atoms with Gasteiger partial charge in [-0.2, -0.15) is 0 Å². The summed E-state index contributed by atoms with van der Waals surface area (Å²) in [6.07, 6.45) is 0. The van der Waals surface area contributed by atoms with Gasteiger partial charge in [0, 0.05) is 5.69 Å². The first-order chi connectivity index (χ1) is 13.6. The molecule has 3 heteroatoms. The smallest absolute Gasteiger partial charge is 0.238 e. The van der Waals surface area contributed by atoms with Crippen molar-refractivity contribution in [1.29, 1.82) is 0 Å². The zero-order valence-electron chi connectivity index (χ0n) is 16.8. The van der Waals surface area contributed by atoms with Crippen molar-refractivity contribution in [2.75, 3.05) is 18.9 Å². The molecule has 0 fully saturated rings. The zero-order chi connectivity index (χ0) is 19.9. The number of hydrogen-bond donors (Lipinski definition) is 1. The molecule has 3 nitrogen and oxygen atoms in total. The molecule has 3 rings (SSSR count). The van der Waals surface area contributed by atoms with Gasteiger partial charge in [-0.25, -0.2) is 0 Å². The SMILES string of the molecule is CC(C)c1ccccc1NC(=O)CN(C)C(c1ccccc1)c1ccccc1. The van der Waals surface area contributed by atoms with Crippen LogP contribution in [0.4, 0.5) is 5.69 Å². The summed E-state index contributed by atoms with van der Waals surface area (Å²) in [5.41, 5.74) is 4.39. The second-order valence-corrected chi connectivity index (χ2v) is 7.43. The van der Waals surface area contributed by atoms with Crippen molar-refractivity contribution in [2.24, 2.45) is 0 Å². The molecule has 0 aliphatic carbocycles. The Labute approximate surface area is 168 Å². The van der Waals surface area contributed by atoms with E-state index in [0.29, 0.717) is 12.5 Å². The Morgan fingerprint density at radius 1 is 0.821 bits per heavy atom. The largest absolute Gasteiger partial charge is 0.325 e. The molecule has 0 atom stereocenters. The van der Waals surface area contributed by atoms with Gasteiger partial charge in [0.1, 0.15) is 0 Å². The van der Waals surface area contributed by atoms with Gasteiger partial charge < -0.3 is 5.32 Å². The maximum Gasteiger partial charge on any atom is 0.238 e. The fourth-order valence-electron chi connectivity index (χ4n) is 3.59. The van der Waals surface area contributed by atoms with Gasteiger partial charge in [-0.05, 0) is 35.7 Å². The molecule has 0 radical (unpaired) electrons. The summed E-state index contributed by atoms with van der Waals surface area (Å²) < 4.78 is 0. The molecule has 0 saturated carbocycles. The van der Waals surface area contributed by atoms with E-state index in [4.69, 9.17) is 0 Å². The predicted molar refractivity (Wildman–Crippen MR) is 117 cm³/mol. The van der Waals surface area contributed by atoms with Crippen LogP contribution in [-0.2, 0) is 4.79 Å². The van der Waals surface area contributed by atoms with Gasteiger partial charge in [0.05, 0.1) is 12.6 Å². The third kappa shape index (κ3) is 4.87. The lowest BCUT2D eigenvalue weighted by Gasteiger charge is -2.28. The molecule has 3 aromatic rings. The number of likely N-dealkylation sites (N-methyl/N-ethyl adjacent to an activating group) is 1. The fourth-order valence-corrected chi connectivity index (χ4v) is 3.59. The van der Waals surface area contributed by atoms with Crippen LogP contribution < -0.4 is 5.32 Å². The van der Waals surface area contributed by atoms with E-state index in [-0.39, 0.29) is 11.9 Å².